The minimum absolute atomic E-state index is 0. The van der Waals surface area contributed by atoms with E-state index in [2.05, 4.69) is 109 Å². The van der Waals surface area contributed by atoms with Crippen molar-refractivity contribution >= 4 is 30.7 Å². The van der Waals surface area contributed by atoms with E-state index in [1.54, 1.807) is 6.92 Å². The molecule has 0 aromatic heterocycles. The highest BCUT2D eigenvalue weighted by Gasteiger charge is 2.33. The third-order valence-electron chi connectivity index (χ3n) is 6.34. The first-order chi connectivity index (χ1) is 15.6. The van der Waals surface area contributed by atoms with E-state index in [9.17, 15) is 4.79 Å². The van der Waals surface area contributed by atoms with E-state index in [0.717, 1.165) is 32.2 Å². The highest BCUT2D eigenvalue weighted by Crippen LogP contribution is 2.40. The highest BCUT2D eigenvalue weighted by molar-refractivity contribution is 5.85. The van der Waals surface area contributed by atoms with E-state index in [1.807, 2.05) is 0 Å². The van der Waals surface area contributed by atoms with Crippen LogP contribution in [0.25, 0.3) is 0 Å². The number of carbonyl (C=O) groups excluding carboxylic acids is 1. The standard InChI is InChI=1S/C29H36N2O.2ClH/c1-24(26-14-6-3-7-15-26)30-22-12-20-29(21-13-23-31-25(2)32,27-16-8-4-9-17-27)28-18-10-5-11-19-28;;/h3-11,14-19,24,30H,12-13,20-23H2,1-2H3,(H,31,32);2*1H. The van der Waals surface area contributed by atoms with Crippen molar-refractivity contribution in [2.24, 2.45) is 0 Å². The molecule has 0 spiro atoms. The summed E-state index contributed by atoms with van der Waals surface area (Å²) in [4.78, 5) is 11.4. The van der Waals surface area contributed by atoms with Crippen molar-refractivity contribution in [2.75, 3.05) is 13.1 Å². The van der Waals surface area contributed by atoms with E-state index in [1.165, 1.54) is 16.7 Å². The summed E-state index contributed by atoms with van der Waals surface area (Å²) in [7, 11) is 0. The maximum absolute atomic E-state index is 11.4. The zero-order valence-electron chi connectivity index (χ0n) is 20.2. The van der Waals surface area contributed by atoms with Gasteiger partial charge < -0.3 is 10.6 Å². The van der Waals surface area contributed by atoms with Gasteiger partial charge >= 0.3 is 0 Å². The summed E-state index contributed by atoms with van der Waals surface area (Å²) in [5, 5.41) is 6.67. The van der Waals surface area contributed by atoms with Gasteiger partial charge in [0.05, 0.1) is 0 Å². The molecule has 0 saturated carbocycles. The molecule has 1 amide bonds. The van der Waals surface area contributed by atoms with Gasteiger partial charge in [-0.25, -0.2) is 0 Å². The third kappa shape index (κ3) is 8.47. The molecule has 0 aliphatic rings. The van der Waals surface area contributed by atoms with Crippen LogP contribution >= 0.6 is 24.8 Å². The van der Waals surface area contributed by atoms with Gasteiger partial charge in [-0.3, -0.25) is 4.79 Å². The maximum atomic E-state index is 11.4. The predicted molar refractivity (Wildman–Crippen MR) is 148 cm³/mol. The third-order valence-corrected chi connectivity index (χ3v) is 6.34. The quantitative estimate of drug-likeness (QED) is 0.266. The Morgan fingerprint density at radius 1 is 0.735 bits per heavy atom. The number of rotatable bonds is 12. The van der Waals surface area contributed by atoms with Gasteiger partial charge in [0.25, 0.3) is 0 Å². The predicted octanol–water partition coefficient (Wildman–Crippen LogP) is 6.86. The van der Waals surface area contributed by atoms with Gasteiger partial charge in [-0.1, -0.05) is 91.0 Å². The number of hydrogen-bond donors (Lipinski definition) is 2. The van der Waals surface area contributed by atoms with E-state index in [-0.39, 0.29) is 36.1 Å². The van der Waals surface area contributed by atoms with E-state index in [0.29, 0.717) is 12.6 Å². The first-order valence-corrected chi connectivity index (χ1v) is 11.8. The molecule has 0 aliphatic carbocycles. The Balaban J connectivity index is 0.00000289. The zero-order valence-corrected chi connectivity index (χ0v) is 21.8. The molecule has 0 bridgehead atoms. The second kappa shape index (κ2) is 15.5. The molecule has 5 heteroatoms. The van der Waals surface area contributed by atoms with Gasteiger partial charge in [-0.05, 0) is 55.8 Å². The minimum atomic E-state index is -0.0708. The van der Waals surface area contributed by atoms with Crippen molar-refractivity contribution in [1.29, 1.82) is 0 Å². The van der Waals surface area contributed by atoms with Crippen molar-refractivity contribution < 1.29 is 4.79 Å². The molecule has 3 nitrogen and oxygen atoms in total. The van der Waals surface area contributed by atoms with Gasteiger partial charge in [0, 0.05) is 24.9 Å². The van der Waals surface area contributed by atoms with Crippen LogP contribution in [-0.4, -0.2) is 19.0 Å². The normalized spacial score (nSPS) is 11.6. The monoisotopic (exact) mass is 500 g/mol. The number of amides is 1. The molecule has 1 atom stereocenters. The lowest BCUT2D eigenvalue weighted by Gasteiger charge is -2.36. The van der Waals surface area contributed by atoms with E-state index < -0.39 is 0 Å². The SMILES string of the molecule is CC(=O)NCCCC(CCCNC(C)c1ccccc1)(c1ccccc1)c1ccccc1.Cl.Cl. The molecule has 184 valence electrons. The van der Waals surface area contributed by atoms with Crippen molar-refractivity contribution in [1.82, 2.24) is 10.6 Å². The lowest BCUT2D eigenvalue weighted by molar-refractivity contribution is -0.118. The highest BCUT2D eigenvalue weighted by atomic mass is 35.5. The Bertz CT molecular complexity index is 897. The van der Waals surface area contributed by atoms with Gasteiger partial charge in [0.2, 0.25) is 5.91 Å². The molecule has 3 aromatic rings. The van der Waals surface area contributed by atoms with Crippen LogP contribution in [-0.2, 0) is 10.2 Å². The number of nitrogens with one attached hydrogen (secondary N) is 2. The van der Waals surface area contributed by atoms with Crippen LogP contribution in [0.15, 0.2) is 91.0 Å². The Morgan fingerprint density at radius 3 is 1.65 bits per heavy atom. The second-order valence-corrected chi connectivity index (χ2v) is 8.59. The Labute approximate surface area is 217 Å². The fraction of sp³-hybridized carbons (Fsp3) is 0.345. The maximum Gasteiger partial charge on any atom is 0.216 e. The van der Waals surface area contributed by atoms with Crippen LogP contribution in [0.1, 0.15) is 62.3 Å². The minimum Gasteiger partial charge on any atom is -0.356 e. The largest absolute Gasteiger partial charge is 0.356 e. The fourth-order valence-electron chi connectivity index (χ4n) is 4.61. The van der Waals surface area contributed by atoms with Crippen molar-refractivity contribution in [3.8, 4) is 0 Å². The average molecular weight is 502 g/mol. The van der Waals surface area contributed by atoms with Gasteiger partial charge in [-0.2, -0.15) is 0 Å². The molecule has 0 fully saturated rings. The Hall–Kier alpha value is -2.33. The molecule has 34 heavy (non-hydrogen) atoms. The number of carbonyl (C=O) groups is 1. The van der Waals surface area contributed by atoms with Gasteiger partial charge in [0.15, 0.2) is 0 Å². The van der Waals surface area contributed by atoms with Crippen molar-refractivity contribution in [3.63, 3.8) is 0 Å². The zero-order chi connectivity index (χ0) is 22.7. The lowest BCUT2D eigenvalue weighted by Crippen LogP contribution is -2.31. The molecule has 0 aliphatic heterocycles. The topological polar surface area (TPSA) is 41.1 Å². The Kier molecular flexibility index (Phi) is 13.6. The first-order valence-electron chi connectivity index (χ1n) is 11.8. The first kappa shape index (κ1) is 29.7. The van der Waals surface area contributed by atoms with Gasteiger partial charge in [0.1, 0.15) is 0 Å². The van der Waals surface area contributed by atoms with Crippen LogP contribution in [0.2, 0.25) is 0 Å². The molecule has 0 saturated heterocycles. The Morgan fingerprint density at radius 2 is 1.18 bits per heavy atom. The van der Waals surface area contributed by atoms with Crippen molar-refractivity contribution in [2.45, 2.75) is 51.0 Å². The molecular formula is C29H38Cl2N2O. The summed E-state index contributed by atoms with van der Waals surface area (Å²) in [6.07, 6.45) is 4.06. The summed E-state index contributed by atoms with van der Waals surface area (Å²) in [5.41, 5.74) is 3.95. The van der Waals surface area contributed by atoms with Crippen LogP contribution in [0, 0.1) is 0 Å². The summed E-state index contributed by atoms with van der Waals surface area (Å²) in [6, 6.07) is 32.7. The lowest BCUT2D eigenvalue weighted by atomic mass is 9.68. The molecule has 0 radical (unpaired) electrons. The summed E-state index contributed by atoms with van der Waals surface area (Å²) in [6.45, 7) is 5.48. The van der Waals surface area contributed by atoms with E-state index >= 15 is 0 Å². The average Bonchev–Trinajstić information content (AvgIpc) is 2.84. The molecular weight excluding hydrogens is 463 g/mol. The summed E-state index contributed by atoms with van der Waals surface area (Å²) >= 11 is 0. The number of halogens is 2. The molecule has 1 unspecified atom stereocenters. The summed E-state index contributed by atoms with van der Waals surface area (Å²) < 4.78 is 0. The number of benzene rings is 3. The van der Waals surface area contributed by atoms with Crippen molar-refractivity contribution in [3.05, 3.63) is 108 Å². The summed E-state index contributed by atoms with van der Waals surface area (Å²) in [5.74, 6) is 0.0362. The van der Waals surface area contributed by atoms with Crippen LogP contribution in [0.5, 0.6) is 0 Å². The van der Waals surface area contributed by atoms with Gasteiger partial charge in [-0.15, -0.1) is 24.8 Å². The van der Waals surface area contributed by atoms with E-state index in [4.69, 9.17) is 0 Å². The smallest absolute Gasteiger partial charge is 0.216 e. The molecule has 0 heterocycles. The fourth-order valence-corrected chi connectivity index (χ4v) is 4.61. The van der Waals surface area contributed by atoms with Crippen LogP contribution < -0.4 is 10.6 Å². The van der Waals surface area contributed by atoms with Crippen LogP contribution in [0.4, 0.5) is 0 Å². The molecule has 3 rings (SSSR count). The number of hydrogen-bond acceptors (Lipinski definition) is 2. The molecule has 3 aromatic carbocycles. The van der Waals surface area contributed by atoms with Crippen LogP contribution in [0.3, 0.4) is 0 Å². The second-order valence-electron chi connectivity index (χ2n) is 8.59. The molecule has 2 N–H and O–H groups in total.